The van der Waals surface area contributed by atoms with Gasteiger partial charge in [0, 0.05) is 14.0 Å². The molecule has 72 valence electrons. The van der Waals surface area contributed by atoms with Crippen molar-refractivity contribution in [2.45, 2.75) is 12.3 Å². The van der Waals surface area contributed by atoms with Gasteiger partial charge in [-0.1, -0.05) is 0 Å². The zero-order chi connectivity index (χ0) is 9.84. The monoisotopic (exact) mass is 200 g/mol. The summed E-state index contributed by atoms with van der Waals surface area (Å²) in [6.07, 6.45) is 4.99. The fourth-order valence-corrected chi connectivity index (χ4v) is 1.73. The van der Waals surface area contributed by atoms with Crippen LogP contribution in [0.15, 0.2) is 16.9 Å². The minimum absolute atomic E-state index is 0.00227. The molecule has 0 saturated heterocycles. The van der Waals surface area contributed by atoms with Crippen molar-refractivity contribution in [1.82, 2.24) is 9.88 Å². The predicted octanol–water partition coefficient (Wildman–Crippen LogP) is 1.51. The number of thioether (sulfide) groups is 1. The van der Waals surface area contributed by atoms with E-state index < -0.39 is 0 Å². The number of nitrogens with zero attached hydrogens (tertiary/aromatic N) is 2. The molecule has 1 aromatic heterocycles. The Morgan fingerprint density at radius 2 is 2.46 bits per heavy atom. The summed E-state index contributed by atoms with van der Waals surface area (Å²) in [7, 11) is 1.73. The van der Waals surface area contributed by atoms with Gasteiger partial charge in [-0.3, -0.25) is 4.79 Å². The Hall–Kier alpha value is -0.970. The highest BCUT2D eigenvalue weighted by atomic mass is 32.2. The Kier molecular flexibility index (Phi) is 3.36. The van der Waals surface area contributed by atoms with Crippen LogP contribution in [0.3, 0.4) is 0 Å². The van der Waals surface area contributed by atoms with Gasteiger partial charge in [-0.15, -0.1) is 11.8 Å². The van der Waals surface area contributed by atoms with E-state index >= 15 is 0 Å². The first-order valence-electron chi connectivity index (χ1n) is 3.82. The number of rotatable bonds is 3. The lowest BCUT2D eigenvalue weighted by atomic mass is 10.5. The van der Waals surface area contributed by atoms with Crippen LogP contribution in [0, 0.1) is 0 Å². The maximum atomic E-state index is 11.1. The lowest BCUT2D eigenvalue weighted by Gasteiger charge is -2.22. The molecule has 1 amide bonds. The van der Waals surface area contributed by atoms with Crippen molar-refractivity contribution in [3.05, 3.63) is 18.4 Å². The molecular formula is C8H12N2O2S. The number of hydrogen-bond donors (Lipinski definition) is 0. The molecule has 0 spiro atoms. The number of aromatic nitrogens is 1. The van der Waals surface area contributed by atoms with E-state index in [1.807, 2.05) is 6.26 Å². The number of amides is 1. The summed E-state index contributed by atoms with van der Waals surface area (Å²) >= 11 is 1.51. The second-order valence-corrected chi connectivity index (χ2v) is 3.51. The molecule has 0 aliphatic heterocycles. The van der Waals surface area contributed by atoms with Gasteiger partial charge in [0.25, 0.3) is 0 Å². The molecule has 1 unspecified atom stereocenters. The third-order valence-electron chi connectivity index (χ3n) is 1.73. The van der Waals surface area contributed by atoms with E-state index in [0.717, 1.165) is 0 Å². The van der Waals surface area contributed by atoms with Crippen molar-refractivity contribution >= 4 is 17.7 Å². The molecule has 0 fully saturated rings. The standard InChI is InChI=1S/C8H12N2O2S/c1-6(11)10(2)8(13-3)7-9-4-5-12-7/h4-5,8H,1-3H3. The molecule has 4 nitrogen and oxygen atoms in total. The van der Waals surface area contributed by atoms with Crippen molar-refractivity contribution < 1.29 is 9.21 Å². The van der Waals surface area contributed by atoms with Crippen molar-refractivity contribution in [1.29, 1.82) is 0 Å². The number of oxazole rings is 1. The first kappa shape index (κ1) is 10.1. The molecule has 13 heavy (non-hydrogen) atoms. The fourth-order valence-electron chi connectivity index (χ4n) is 0.946. The van der Waals surface area contributed by atoms with Crippen LogP contribution in [-0.4, -0.2) is 29.1 Å². The van der Waals surface area contributed by atoms with Crippen molar-refractivity contribution in [2.75, 3.05) is 13.3 Å². The van der Waals surface area contributed by atoms with Crippen molar-refractivity contribution in [2.24, 2.45) is 0 Å². The van der Waals surface area contributed by atoms with Gasteiger partial charge in [0.05, 0.1) is 6.20 Å². The summed E-state index contributed by atoms with van der Waals surface area (Å²) in [5.41, 5.74) is 0. The van der Waals surface area contributed by atoms with Crippen molar-refractivity contribution in [3.63, 3.8) is 0 Å². The summed E-state index contributed by atoms with van der Waals surface area (Å²) in [6, 6.07) is 0. The van der Waals surface area contributed by atoms with Gasteiger partial charge in [-0.2, -0.15) is 0 Å². The number of carbonyl (C=O) groups excluding carboxylic acids is 1. The smallest absolute Gasteiger partial charge is 0.227 e. The second-order valence-electron chi connectivity index (χ2n) is 2.59. The van der Waals surface area contributed by atoms with Gasteiger partial charge in [-0.25, -0.2) is 4.98 Å². The van der Waals surface area contributed by atoms with Crippen LogP contribution >= 0.6 is 11.8 Å². The summed E-state index contributed by atoms with van der Waals surface area (Å²) in [5.74, 6) is 0.558. The zero-order valence-electron chi connectivity index (χ0n) is 7.85. The number of carbonyl (C=O) groups is 1. The minimum Gasteiger partial charge on any atom is -0.446 e. The van der Waals surface area contributed by atoms with E-state index in [-0.39, 0.29) is 11.3 Å². The maximum absolute atomic E-state index is 11.1. The van der Waals surface area contributed by atoms with Crippen LogP contribution in [-0.2, 0) is 4.79 Å². The largest absolute Gasteiger partial charge is 0.446 e. The van der Waals surface area contributed by atoms with E-state index in [1.54, 1.807) is 18.1 Å². The molecule has 5 heteroatoms. The molecule has 0 bridgehead atoms. The van der Waals surface area contributed by atoms with Crippen LogP contribution in [0.1, 0.15) is 18.2 Å². The lowest BCUT2D eigenvalue weighted by Crippen LogP contribution is -2.27. The molecule has 1 heterocycles. The molecular weight excluding hydrogens is 188 g/mol. The van der Waals surface area contributed by atoms with Crippen LogP contribution in [0.2, 0.25) is 0 Å². The summed E-state index contributed by atoms with van der Waals surface area (Å²) < 4.78 is 5.13. The molecule has 1 atom stereocenters. The highest BCUT2D eigenvalue weighted by Crippen LogP contribution is 2.27. The van der Waals surface area contributed by atoms with E-state index in [0.29, 0.717) is 5.89 Å². The number of hydrogen-bond acceptors (Lipinski definition) is 4. The van der Waals surface area contributed by atoms with Crippen LogP contribution < -0.4 is 0 Å². The third-order valence-corrected chi connectivity index (χ3v) is 2.70. The van der Waals surface area contributed by atoms with Crippen molar-refractivity contribution in [3.8, 4) is 0 Å². The average molecular weight is 200 g/mol. The van der Waals surface area contributed by atoms with Crippen LogP contribution in [0.4, 0.5) is 0 Å². The highest BCUT2D eigenvalue weighted by Gasteiger charge is 2.21. The van der Waals surface area contributed by atoms with Gasteiger partial charge in [0.2, 0.25) is 11.8 Å². The SMILES string of the molecule is CSC(c1ncco1)N(C)C(C)=O. The first-order valence-corrected chi connectivity index (χ1v) is 5.11. The van der Waals surface area contributed by atoms with Gasteiger partial charge in [0.15, 0.2) is 5.37 Å². The van der Waals surface area contributed by atoms with Crippen LogP contribution in [0.25, 0.3) is 0 Å². The van der Waals surface area contributed by atoms with Gasteiger partial charge in [-0.05, 0) is 6.26 Å². The predicted molar refractivity (Wildman–Crippen MR) is 51.2 cm³/mol. The van der Waals surface area contributed by atoms with Crippen LogP contribution in [0.5, 0.6) is 0 Å². The van der Waals surface area contributed by atoms with Gasteiger partial charge in [0.1, 0.15) is 6.26 Å². The molecule has 0 aromatic carbocycles. The van der Waals surface area contributed by atoms with Gasteiger partial charge >= 0.3 is 0 Å². The lowest BCUT2D eigenvalue weighted by molar-refractivity contribution is -0.128. The Labute approximate surface area is 81.3 Å². The summed E-state index contributed by atoms with van der Waals surface area (Å²) in [5, 5.41) is -0.132. The summed E-state index contributed by atoms with van der Waals surface area (Å²) in [6.45, 7) is 1.52. The second kappa shape index (κ2) is 4.32. The topological polar surface area (TPSA) is 46.3 Å². The van der Waals surface area contributed by atoms with E-state index in [1.165, 1.54) is 24.9 Å². The maximum Gasteiger partial charge on any atom is 0.227 e. The molecule has 1 aromatic rings. The normalized spacial score (nSPS) is 12.5. The van der Waals surface area contributed by atoms with E-state index in [2.05, 4.69) is 4.98 Å². The fraction of sp³-hybridized carbons (Fsp3) is 0.500. The van der Waals surface area contributed by atoms with E-state index in [9.17, 15) is 4.79 Å². The Morgan fingerprint density at radius 1 is 1.77 bits per heavy atom. The highest BCUT2D eigenvalue weighted by molar-refractivity contribution is 7.98. The Bertz CT molecular complexity index is 274. The molecule has 1 rings (SSSR count). The molecule has 0 N–H and O–H groups in total. The molecule has 0 aliphatic carbocycles. The minimum atomic E-state index is -0.132. The Balaban J connectivity index is 2.79. The van der Waals surface area contributed by atoms with Gasteiger partial charge < -0.3 is 9.32 Å². The Morgan fingerprint density at radius 3 is 2.85 bits per heavy atom. The quantitative estimate of drug-likeness (QED) is 0.694. The van der Waals surface area contributed by atoms with E-state index in [4.69, 9.17) is 4.42 Å². The third kappa shape index (κ3) is 2.24. The zero-order valence-corrected chi connectivity index (χ0v) is 8.67. The molecule has 0 saturated carbocycles. The molecule has 0 aliphatic rings. The summed E-state index contributed by atoms with van der Waals surface area (Å²) in [4.78, 5) is 16.7. The average Bonchev–Trinajstić information content (AvgIpc) is 2.58. The molecule has 0 radical (unpaired) electrons. The first-order chi connectivity index (χ1) is 6.16.